The summed E-state index contributed by atoms with van der Waals surface area (Å²) in [5.74, 6) is 1.03. The first-order valence-corrected chi connectivity index (χ1v) is 8.99. The second-order valence-electron chi connectivity index (χ2n) is 5.97. The van der Waals surface area contributed by atoms with Crippen LogP contribution in [0.25, 0.3) is 11.4 Å². The molecule has 1 N–H and O–H groups in total. The van der Waals surface area contributed by atoms with Crippen molar-refractivity contribution in [2.24, 2.45) is 0 Å². The zero-order valence-electron chi connectivity index (χ0n) is 14.5. The number of aromatic nitrogens is 2. The van der Waals surface area contributed by atoms with E-state index in [2.05, 4.69) is 22.4 Å². The van der Waals surface area contributed by atoms with Gasteiger partial charge in [-0.2, -0.15) is 4.98 Å². The number of nitrogens with one attached hydrogen (secondary N) is 1. The molecule has 6 heteroatoms. The Morgan fingerprint density at radius 1 is 1.12 bits per heavy atom. The van der Waals surface area contributed by atoms with E-state index in [0.29, 0.717) is 36.0 Å². The number of anilines is 1. The highest BCUT2D eigenvalue weighted by Gasteiger charge is 2.10. The third-order valence-electron chi connectivity index (χ3n) is 4.01. The summed E-state index contributed by atoms with van der Waals surface area (Å²) in [5, 5.41) is 7.53. The van der Waals surface area contributed by atoms with Crippen LogP contribution in [-0.2, 0) is 17.6 Å². The van der Waals surface area contributed by atoms with E-state index >= 15 is 0 Å². The number of carbonyl (C=O) groups is 1. The molecule has 0 aliphatic rings. The Morgan fingerprint density at radius 3 is 2.54 bits per heavy atom. The molecular weight excluding hydrogens is 350 g/mol. The Bertz CT molecular complexity index is 858. The lowest BCUT2D eigenvalue weighted by Crippen LogP contribution is -2.11. The van der Waals surface area contributed by atoms with E-state index in [1.165, 1.54) is 5.56 Å². The van der Waals surface area contributed by atoms with Gasteiger partial charge < -0.3 is 9.84 Å². The number of rotatable bonds is 7. The number of carbonyl (C=O) groups excluding carboxylic acids is 1. The molecule has 0 bridgehead atoms. The maximum absolute atomic E-state index is 12.0. The van der Waals surface area contributed by atoms with Crippen LogP contribution in [0.1, 0.15) is 31.2 Å². The van der Waals surface area contributed by atoms with Gasteiger partial charge in [-0.1, -0.05) is 35.8 Å². The summed E-state index contributed by atoms with van der Waals surface area (Å²) in [4.78, 5) is 16.4. The topological polar surface area (TPSA) is 68.0 Å². The van der Waals surface area contributed by atoms with Gasteiger partial charge in [0.1, 0.15) is 0 Å². The molecule has 2 aromatic carbocycles. The van der Waals surface area contributed by atoms with E-state index in [1.807, 2.05) is 36.4 Å². The van der Waals surface area contributed by atoms with Crippen molar-refractivity contribution in [1.82, 2.24) is 10.1 Å². The Hall–Kier alpha value is -2.66. The minimum atomic E-state index is -0.0216. The lowest BCUT2D eigenvalue weighted by molar-refractivity contribution is -0.116. The smallest absolute Gasteiger partial charge is 0.226 e. The normalized spacial score (nSPS) is 10.7. The summed E-state index contributed by atoms with van der Waals surface area (Å²) in [6.45, 7) is 2.10. The van der Waals surface area contributed by atoms with Gasteiger partial charge in [-0.3, -0.25) is 4.79 Å². The molecule has 0 aliphatic heterocycles. The van der Waals surface area contributed by atoms with E-state index < -0.39 is 0 Å². The van der Waals surface area contributed by atoms with Gasteiger partial charge in [0.15, 0.2) is 0 Å². The van der Waals surface area contributed by atoms with Crippen molar-refractivity contribution in [2.45, 2.75) is 32.6 Å². The van der Waals surface area contributed by atoms with Gasteiger partial charge in [0.2, 0.25) is 17.6 Å². The van der Waals surface area contributed by atoms with Crippen LogP contribution in [0, 0.1) is 0 Å². The average Bonchev–Trinajstić information content (AvgIpc) is 3.12. The van der Waals surface area contributed by atoms with Crippen molar-refractivity contribution >= 4 is 23.2 Å². The first kappa shape index (κ1) is 18.1. The zero-order valence-corrected chi connectivity index (χ0v) is 15.3. The van der Waals surface area contributed by atoms with Crippen LogP contribution in [0.15, 0.2) is 53.1 Å². The highest BCUT2D eigenvalue weighted by atomic mass is 35.5. The van der Waals surface area contributed by atoms with Crippen molar-refractivity contribution in [3.63, 3.8) is 0 Å². The molecule has 0 unspecified atom stereocenters. The van der Waals surface area contributed by atoms with Crippen LogP contribution in [0.4, 0.5) is 5.69 Å². The molecular formula is C20H20ClN3O2. The second-order valence-corrected chi connectivity index (χ2v) is 6.41. The summed E-state index contributed by atoms with van der Waals surface area (Å²) in [6.07, 6.45) is 2.58. The highest BCUT2D eigenvalue weighted by molar-refractivity contribution is 6.30. The molecule has 0 atom stereocenters. The lowest BCUT2D eigenvalue weighted by atomic mass is 10.1. The van der Waals surface area contributed by atoms with Crippen molar-refractivity contribution in [1.29, 1.82) is 0 Å². The molecule has 5 nitrogen and oxygen atoms in total. The van der Waals surface area contributed by atoms with Gasteiger partial charge in [0, 0.05) is 29.1 Å². The van der Waals surface area contributed by atoms with E-state index in [-0.39, 0.29) is 5.91 Å². The molecule has 0 fully saturated rings. The lowest BCUT2D eigenvalue weighted by Gasteiger charge is -2.05. The number of hydrogen-bond acceptors (Lipinski definition) is 4. The maximum atomic E-state index is 12.0. The number of aryl methyl sites for hydroxylation is 2. The van der Waals surface area contributed by atoms with Crippen LogP contribution in [0.5, 0.6) is 0 Å². The van der Waals surface area contributed by atoms with Crippen LogP contribution in [-0.4, -0.2) is 16.0 Å². The largest absolute Gasteiger partial charge is 0.339 e. The Morgan fingerprint density at radius 2 is 1.85 bits per heavy atom. The van der Waals surface area contributed by atoms with Gasteiger partial charge in [-0.05, 0) is 54.8 Å². The molecule has 0 saturated carbocycles. The molecule has 0 aliphatic carbocycles. The van der Waals surface area contributed by atoms with Crippen LogP contribution >= 0.6 is 11.6 Å². The Kier molecular flexibility index (Phi) is 6.02. The molecule has 1 amide bonds. The summed E-state index contributed by atoms with van der Waals surface area (Å²) in [6, 6.07) is 15.1. The van der Waals surface area contributed by atoms with Crippen LogP contribution in [0.3, 0.4) is 0 Å². The Labute approximate surface area is 157 Å². The van der Waals surface area contributed by atoms with Crippen molar-refractivity contribution in [2.75, 3.05) is 5.32 Å². The van der Waals surface area contributed by atoms with Gasteiger partial charge in [-0.25, -0.2) is 0 Å². The quantitative estimate of drug-likeness (QED) is 0.642. The van der Waals surface area contributed by atoms with E-state index in [4.69, 9.17) is 16.1 Å². The maximum Gasteiger partial charge on any atom is 0.226 e. The van der Waals surface area contributed by atoms with Crippen molar-refractivity contribution in [3.8, 4) is 11.4 Å². The molecule has 1 aromatic heterocycles. The summed E-state index contributed by atoms with van der Waals surface area (Å²) < 4.78 is 5.25. The minimum Gasteiger partial charge on any atom is -0.339 e. The summed E-state index contributed by atoms with van der Waals surface area (Å²) >= 11 is 5.87. The van der Waals surface area contributed by atoms with Crippen LogP contribution < -0.4 is 5.32 Å². The minimum absolute atomic E-state index is 0.0216. The van der Waals surface area contributed by atoms with Gasteiger partial charge in [-0.15, -0.1) is 0 Å². The number of halogens is 1. The van der Waals surface area contributed by atoms with E-state index in [1.54, 1.807) is 12.1 Å². The number of amides is 1. The standard InChI is InChI=1S/C20H20ClN3O2/c1-2-14-6-12-17(13-7-14)22-18(25)4-3-5-19-23-20(24-26-19)15-8-10-16(21)11-9-15/h6-13H,2-5H2,1H3,(H,22,25). The van der Waals surface area contributed by atoms with Crippen LogP contribution in [0.2, 0.25) is 5.02 Å². The Balaban J connectivity index is 1.47. The molecule has 0 spiro atoms. The molecule has 3 aromatic rings. The summed E-state index contributed by atoms with van der Waals surface area (Å²) in [7, 11) is 0. The third kappa shape index (κ3) is 4.92. The molecule has 26 heavy (non-hydrogen) atoms. The fourth-order valence-corrected chi connectivity index (χ4v) is 2.65. The third-order valence-corrected chi connectivity index (χ3v) is 4.26. The van der Waals surface area contributed by atoms with Gasteiger partial charge in [0.05, 0.1) is 0 Å². The average molecular weight is 370 g/mol. The monoisotopic (exact) mass is 369 g/mol. The molecule has 1 heterocycles. The van der Waals surface area contributed by atoms with E-state index in [9.17, 15) is 4.79 Å². The SMILES string of the molecule is CCc1ccc(NC(=O)CCCc2nc(-c3ccc(Cl)cc3)no2)cc1. The fraction of sp³-hybridized carbons (Fsp3) is 0.250. The van der Waals surface area contributed by atoms with Crippen molar-refractivity contribution < 1.29 is 9.32 Å². The van der Waals surface area contributed by atoms with Gasteiger partial charge >= 0.3 is 0 Å². The fourth-order valence-electron chi connectivity index (χ4n) is 2.52. The first-order valence-electron chi connectivity index (χ1n) is 8.61. The van der Waals surface area contributed by atoms with E-state index in [0.717, 1.165) is 17.7 Å². The predicted octanol–water partition coefficient (Wildman–Crippen LogP) is 4.91. The predicted molar refractivity (Wildman–Crippen MR) is 102 cm³/mol. The van der Waals surface area contributed by atoms with Crippen molar-refractivity contribution in [3.05, 3.63) is 65.0 Å². The first-order chi connectivity index (χ1) is 12.6. The summed E-state index contributed by atoms with van der Waals surface area (Å²) in [5.41, 5.74) is 2.91. The number of nitrogens with zero attached hydrogens (tertiary/aromatic N) is 2. The number of hydrogen-bond donors (Lipinski definition) is 1. The molecule has 3 rings (SSSR count). The molecule has 0 saturated heterocycles. The van der Waals surface area contributed by atoms with Gasteiger partial charge in [0.25, 0.3) is 0 Å². The highest BCUT2D eigenvalue weighted by Crippen LogP contribution is 2.19. The zero-order chi connectivity index (χ0) is 18.4. The second kappa shape index (κ2) is 8.63. The number of benzene rings is 2. The molecule has 134 valence electrons. The molecule has 0 radical (unpaired) electrons.